The van der Waals surface area contributed by atoms with E-state index in [-0.39, 0.29) is 11.8 Å². The molecule has 0 bridgehead atoms. The second kappa shape index (κ2) is 9.25. The van der Waals surface area contributed by atoms with Gasteiger partial charge in [0.15, 0.2) is 0 Å². The van der Waals surface area contributed by atoms with Crippen LogP contribution in [0.25, 0.3) is 17.2 Å². The first-order chi connectivity index (χ1) is 15.6. The topological polar surface area (TPSA) is 20.3 Å². The van der Waals surface area contributed by atoms with Crippen LogP contribution in [0.1, 0.15) is 69.1 Å². The first-order valence-corrected chi connectivity index (χ1v) is 12.8. The van der Waals surface area contributed by atoms with Crippen LogP contribution in [0.3, 0.4) is 0 Å². The van der Waals surface area contributed by atoms with Crippen LogP contribution in [0, 0.1) is 17.8 Å². The van der Waals surface area contributed by atoms with Gasteiger partial charge in [0.05, 0.1) is 0 Å². The molecular formula is C30H37NO. The van der Waals surface area contributed by atoms with Crippen LogP contribution in [-0.4, -0.2) is 18.9 Å². The molecule has 2 nitrogen and oxygen atoms in total. The highest BCUT2D eigenvalue weighted by molar-refractivity contribution is 5.83. The number of carbonyl (C=O) groups is 1. The molecule has 1 heterocycles. The van der Waals surface area contributed by atoms with Crippen molar-refractivity contribution in [3.8, 4) is 11.1 Å². The van der Waals surface area contributed by atoms with E-state index in [1.165, 1.54) is 72.3 Å². The Labute approximate surface area is 193 Å². The zero-order chi connectivity index (χ0) is 22.1. The average Bonchev–Trinajstić information content (AvgIpc) is 3.48. The van der Waals surface area contributed by atoms with Gasteiger partial charge < -0.3 is 4.90 Å². The lowest BCUT2D eigenvalue weighted by atomic mass is 9.89. The average molecular weight is 428 g/mol. The summed E-state index contributed by atoms with van der Waals surface area (Å²) in [5, 5.41) is 0. The third-order valence-corrected chi connectivity index (χ3v) is 7.87. The Balaban J connectivity index is 1.45. The van der Waals surface area contributed by atoms with Crippen molar-refractivity contribution in [3.05, 3.63) is 59.2 Å². The predicted molar refractivity (Wildman–Crippen MR) is 135 cm³/mol. The molecule has 5 rings (SSSR count). The molecule has 32 heavy (non-hydrogen) atoms. The quantitative estimate of drug-likeness (QED) is 0.490. The van der Waals surface area contributed by atoms with Crippen molar-refractivity contribution in [1.29, 1.82) is 0 Å². The Morgan fingerprint density at radius 3 is 2.72 bits per heavy atom. The monoisotopic (exact) mass is 427 g/mol. The van der Waals surface area contributed by atoms with Crippen molar-refractivity contribution in [2.24, 2.45) is 17.8 Å². The van der Waals surface area contributed by atoms with Crippen LogP contribution in [0.5, 0.6) is 0 Å². The molecule has 2 atom stereocenters. The largest absolute Gasteiger partial charge is 0.372 e. The summed E-state index contributed by atoms with van der Waals surface area (Å²) in [5.41, 5.74) is 8.42. The second-order valence-corrected chi connectivity index (χ2v) is 10.6. The maximum Gasteiger partial charge on any atom is 0.138 e. The van der Waals surface area contributed by atoms with Gasteiger partial charge in [-0.25, -0.2) is 0 Å². The maximum absolute atomic E-state index is 12.5. The van der Waals surface area contributed by atoms with Gasteiger partial charge in [-0.3, -0.25) is 4.79 Å². The molecule has 2 aromatic rings. The Morgan fingerprint density at radius 2 is 1.91 bits per heavy atom. The van der Waals surface area contributed by atoms with Crippen LogP contribution in [0.4, 0.5) is 5.69 Å². The van der Waals surface area contributed by atoms with Gasteiger partial charge in [0.25, 0.3) is 0 Å². The summed E-state index contributed by atoms with van der Waals surface area (Å²) in [7, 11) is 0. The molecule has 1 aliphatic heterocycles. The number of Topliss-reactive ketones (excluding diaryl/α,β-unsaturated/α-hetero) is 1. The first-order valence-electron chi connectivity index (χ1n) is 12.8. The van der Waals surface area contributed by atoms with Crippen molar-refractivity contribution >= 4 is 17.5 Å². The Bertz CT molecular complexity index is 1010. The standard InChI is InChI=1S/C30H37NO/c1-21(2)30(32)25-13-12-22(17-25)16-23-18-26(20-27(19-23)31-14-4-3-5-15-31)29-11-7-9-24-8-6-10-28(24)29/h6-7,9-11,18-22,25H,3-5,8,12-17H2,1-2H3/t22-,25+/m0/s1. The fourth-order valence-corrected chi connectivity index (χ4v) is 6.15. The number of piperidine rings is 1. The van der Waals surface area contributed by atoms with E-state index in [2.05, 4.69) is 67.3 Å². The fourth-order valence-electron chi connectivity index (χ4n) is 6.15. The van der Waals surface area contributed by atoms with Gasteiger partial charge >= 0.3 is 0 Å². The van der Waals surface area contributed by atoms with Gasteiger partial charge in [-0.05, 0) is 97.2 Å². The number of hydrogen-bond donors (Lipinski definition) is 0. The Morgan fingerprint density at radius 1 is 1.06 bits per heavy atom. The molecule has 0 unspecified atom stereocenters. The molecule has 0 N–H and O–H groups in total. The second-order valence-electron chi connectivity index (χ2n) is 10.6. The van der Waals surface area contributed by atoms with E-state index >= 15 is 0 Å². The van der Waals surface area contributed by atoms with Crippen molar-refractivity contribution < 1.29 is 4.79 Å². The van der Waals surface area contributed by atoms with E-state index in [1.54, 1.807) is 0 Å². The van der Waals surface area contributed by atoms with Gasteiger partial charge in [0.1, 0.15) is 5.78 Å². The summed E-state index contributed by atoms with van der Waals surface area (Å²) in [5.74, 6) is 1.56. The number of fused-ring (bicyclic) bond motifs is 1. The zero-order valence-electron chi connectivity index (χ0n) is 19.8. The molecule has 0 spiro atoms. The van der Waals surface area contributed by atoms with E-state index in [1.807, 2.05) is 0 Å². The smallest absolute Gasteiger partial charge is 0.138 e. The van der Waals surface area contributed by atoms with Gasteiger partial charge in [-0.15, -0.1) is 0 Å². The number of carbonyl (C=O) groups excluding carboxylic acids is 1. The highest BCUT2D eigenvalue weighted by atomic mass is 16.1. The summed E-state index contributed by atoms with van der Waals surface area (Å²) < 4.78 is 0. The molecule has 2 heteroatoms. The molecule has 2 fully saturated rings. The minimum atomic E-state index is 0.168. The van der Waals surface area contributed by atoms with Crippen molar-refractivity contribution in [3.63, 3.8) is 0 Å². The molecule has 1 saturated heterocycles. The van der Waals surface area contributed by atoms with Crippen LogP contribution < -0.4 is 4.90 Å². The van der Waals surface area contributed by atoms with Crippen molar-refractivity contribution in [2.75, 3.05) is 18.0 Å². The van der Waals surface area contributed by atoms with Crippen molar-refractivity contribution in [1.82, 2.24) is 0 Å². The molecule has 0 aromatic heterocycles. The van der Waals surface area contributed by atoms with Gasteiger partial charge in [-0.2, -0.15) is 0 Å². The number of hydrogen-bond acceptors (Lipinski definition) is 2. The first kappa shape index (κ1) is 21.5. The molecule has 1 saturated carbocycles. The molecule has 0 amide bonds. The highest BCUT2D eigenvalue weighted by Gasteiger charge is 2.31. The lowest BCUT2D eigenvalue weighted by Crippen LogP contribution is -2.29. The molecule has 168 valence electrons. The fraction of sp³-hybridized carbons (Fsp3) is 0.500. The van der Waals surface area contributed by atoms with E-state index in [0.717, 1.165) is 25.7 Å². The van der Waals surface area contributed by atoms with Crippen LogP contribution in [0.15, 0.2) is 42.5 Å². The summed E-state index contributed by atoms with van der Waals surface area (Å²) in [6.45, 7) is 6.45. The predicted octanol–water partition coefficient (Wildman–Crippen LogP) is 7.10. The molecule has 2 aliphatic carbocycles. The number of benzene rings is 2. The summed E-state index contributed by atoms with van der Waals surface area (Å²) in [6.07, 6.45) is 14.0. The normalized spacial score (nSPS) is 22.5. The van der Waals surface area contributed by atoms with Gasteiger partial charge in [0.2, 0.25) is 0 Å². The lowest BCUT2D eigenvalue weighted by Gasteiger charge is -2.30. The highest BCUT2D eigenvalue weighted by Crippen LogP contribution is 2.38. The zero-order valence-corrected chi connectivity index (χ0v) is 19.8. The number of anilines is 1. The van der Waals surface area contributed by atoms with E-state index in [0.29, 0.717) is 11.7 Å². The number of ketones is 1. The maximum atomic E-state index is 12.5. The molecule has 3 aliphatic rings. The van der Waals surface area contributed by atoms with Crippen molar-refractivity contribution in [2.45, 2.75) is 65.2 Å². The third kappa shape index (κ3) is 4.42. The summed E-state index contributed by atoms with van der Waals surface area (Å²) in [6, 6.07) is 14.1. The SMILES string of the molecule is CC(C)C(=O)[C@@H]1CC[C@@H](Cc2cc(-c3cccc4c3C=CC4)cc(N3CCCCC3)c2)C1. The van der Waals surface area contributed by atoms with Gasteiger partial charge in [0, 0.05) is 30.6 Å². The summed E-state index contributed by atoms with van der Waals surface area (Å²) >= 11 is 0. The van der Waals surface area contributed by atoms with E-state index < -0.39 is 0 Å². The lowest BCUT2D eigenvalue weighted by molar-refractivity contribution is -0.125. The molecular weight excluding hydrogens is 390 g/mol. The van der Waals surface area contributed by atoms with Crippen LogP contribution >= 0.6 is 0 Å². The van der Waals surface area contributed by atoms with Crippen LogP contribution in [0.2, 0.25) is 0 Å². The van der Waals surface area contributed by atoms with E-state index in [9.17, 15) is 4.79 Å². The Kier molecular flexibility index (Phi) is 6.22. The van der Waals surface area contributed by atoms with Gasteiger partial charge in [-0.1, -0.05) is 50.3 Å². The molecule has 2 aromatic carbocycles. The molecule has 0 radical (unpaired) electrons. The number of nitrogens with zero attached hydrogens (tertiary/aromatic N) is 1. The minimum Gasteiger partial charge on any atom is -0.372 e. The third-order valence-electron chi connectivity index (χ3n) is 7.87. The van der Waals surface area contributed by atoms with Crippen LogP contribution in [-0.2, 0) is 17.6 Å². The van der Waals surface area contributed by atoms with E-state index in [4.69, 9.17) is 0 Å². The Hall–Kier alpha value is -2.35. The number of rotatable bonds is 6. The summed E-state index contributed by atoms with van der Waals surface area (Å²) in [4.78, 5) is 15.1. The minimum absolute atomic E-state index is 0.168. The number of allylic oxidation sites excluding steroid dienone is 1.